The van der Waals surface area contributed by atoms with Gasteiger partial charge in [-0.25, -0.2) is 0 Å². The molecule has 0 spiro atoms. The van der Waals surface area contributed by atoms with Gasteiger partial charge in [0.2, 0.25) is 0 Å². The molecule has 1 nitrogen and oxygen atoms in total. The van der Waals surface area contributed by atoms with Gasteiger partial charge in [0.1, 0.15) is 0 Å². The molecule has 0 aromatic heterocycles. The van der Waals surface area contributed by atoms with Gasteiger partial charge in [0.15, 0.2) is 0 Å². The van der Waals surface area contributed by atoms with Gasteiger partial charge in [-0.1, -0.05) is 40.5 Å². The first kappa shape index (κ1) is 13.0. The van der Waals surface area contributed by atoms with E-state index in [0.717, 1.165) is 12.0 Å². The molecular weight excluding hydrogens is 182 g/mol. The van der Waals surface area contributed by atoms with Gasteiger partial charge in [-0.3, -0.25) is 0 Å². The molecule has 90 valence electrons. The lowest BCUT2D eigenvalue weighted by Gasteiger charge is -2.31. The molecule has 15 heavy (non-hydrogen) atoms. The van der Waals surface area contributed by atoms with E-state index in [1.807, 2.05) is 0 Å². The molecule has 0 aromatic carbocycles. The first-order valence-electron chi connectivity index (χ1n) is 6.71. The van der Waals surface area contributed by atoms with Crippen molar-refractivity contribution < 1.29 is 0 Å². The van der Waals surface area contributed by atoms with E-state index in [1.54, 1.807) is 0 Å². The molecule has 0 aromatic rings. The largest absolute Gasteiger partial charge is 0.311 e. The minimum atomic E-state index is 0.518. The first-order chi connectivity index (χ1) is 6.95. The Bertz CT molecular complexity index is 186. The van der Waals surface area contributed by atoms with Crippen LogP contribution in [0.3, 0.4) is 0 Å². The standard InChI is InChI=1S/C14H29N/c1-6-11(2)10-12(3)15-13-8-7-9-14(13,4)5/h11-13,15H,6-10H2,1-5H3. The van der Waals surface area contributed by atoms with Crippen molar-refractivity contribution in [2.75, 3.05) is 0 Å². The van der Waals surface area contributed by atoms with Crippen molar-refractivity contribution in [3.05, 3.63) is 0 Å². The van der Waals surface area contributed by atoms with Crippen molar-refractivity contribution in [2.45, 2.75) is 78.8 Å². The van der Waals surface area contributed by atoms with Crippen LogP contribution in [0, 0.1) is 11.3 Å². The van der Waals surface area contributed by atoms with Crippen molar-refractivity contribution in [3.8, 4) is 0 Å². The van der Waals surface area contributed by atoms with Gasteiger partial charge in [-0.05, 0) is 37.5 Å². The first-order valence-corrected chi connectivity index (χ1v) is 6.71. The summed E-state index contributed by atoms with van der Waals surface area (Å²) >= 11 is 0. The Balaban J connectivity index is 2.34. The molecule has 1 aliphatic carbocycles. The second-order valence-corrected chi connectivity index (χ2v) is 6.25. The van der Waals surface area contributed by atoms with Gasteiger partial charge in [0, 0.05) is 12.1 Å². The average Bonchev–Trinajstić information content (AvgIpc) is 2.45. The summed E-state index contributed by atoms with van der Waals surface area (Å²) < 4.78 is 0. The minimum Gasteiger partial charge on any atom is -0.311 e. The van der Waals surface area contributed by atoms with Crippen molar-refractivity contribution in [1.82, 2.24) is 5.32 Å². The van der Waals surface area contributed by atoms with Crippen LogP contribution in [0.15, 0.2) is 0 Å². The molecule has 1 fully saturated rings. The molecular formula is C14H29N. The zero-order valence-electron chi connectivity index (χ0n) is 11.3. The predicted molar refractivity (Wildman–Crippen MR) is 68.1 cm³/mol. The fourth-order valence-electron chi connectivity index (χ4n) is 2.82. The summed E-state index contributed by atoms with van der Waals surface area (Å²) in [4.78, 5) is 0. The van der Waals surface area contributed by atoms with Gasteiger partial charge < -0.3 is 5.32 Å². The van der Waals surface area contributed by atoms with Crippen LogP contribution in [0.2, 0.25) is 0 Å². The van der Waals surface area contributed by atoms with Crippen LogP contribution >= 0.6 is 0 Å². The molecule has 0 amide bonds. The number of rotatable bonds is 5. The van der Waals surface area contributed by atoms with Crippen LogP contribution in [0.1, 0.15) is 66.7 Å². The molecule has 0 aliphatic heterocycles. The Labute approximate surface area is 96.0 Å². The molecule has 0 saturated heterocycles. The summed E-state index contributed by atoms with van der Waals surface area (Å²) in [5.74, 6) is 0.858. The summed E-state index contributed by atoms with van der Waals surface area (Å²) in [6.45, 7) is 11.8. The Morgan fingerprint density at radius 3 is 2.47 bits per heavy atom. The lowest BCUT2D eigenvalue weighted by Crippen LogP contribution is -2.43. The van der Waals surface area contributed by atoms with Crippen LogP contribution < -0.4 is 5.32 Å². The highest BCUT2D eigenvalue weighted by atomic mass is 15.0. The molecule has 1 aliphatic rings. The van der Waals surface area contributed by atoms with E-state index in [1.165, 1.54) is 32.1 Å². The third-order valence-electron chi connectivity index (χ3n) is 4.20. The van der Waals surface area contributed by atoms with Gasteiger partial charge in [0.25, 0.3) is 0 Å². The summed E-state index contributed by atoms with van der Waals surface area (Å²) in [5.41, 5.74) is 0.518. The Morgan fingerprint density at radius 2 is 2.00 bits per heavy atom. The molecule has 1 rings (SSSR count). The lowest BCUT2D eigenvalue weighted by atomic mass is 9.86. The van der Waals surface area contributed by atoms with E-state index in [-0.39, 0.29) is 0 Å². The van der Waals surface area contributed by atoms with E-state index >= 15 is 0 Å². The maximum atomic E-state index is 3.83. The van der Waals surface area contributed by atoms with E-state index in [0.29, 0.717) is 11.5 Å². The Morgan fingerprint density at radius 1 is 1.33 bits per heavy atom. The van der Waals surface area contributed by atoms with Gasteiger partial charge in [-0.15, -0.1) is 0 Å². The van der Waals surface area contributed by atoms with Gasteiger partial charge in [0.05, 0.1) is 0 Å². The zero-order valence-corrected chi connectivity index (χ0v) is 11.3. The SMILES string of the molecule is CCC(C)CC(C)NC1CCCC1(C)C. The average molecular weight is 211 g/mol. The van der Waals surface area contributed by atoms with Gasteiger partial charge >= 0.3 is 0 Å². The molecule has 1 N–H and O–H groups in total. The normalized spacial score (nSPS) is 29.0. The number of hydrogen-bond acceptors (Lipinski definition) is 1. The molecule has 0 bridgehead atoms. The Hall–Kier alpha value is -0.0400. The quantitative estimate of drug-likeness (QED) is 0.725. The van der Waals surface area contributed by atoms with E-state index in [2.05, 4.69) is 39.9 Å². The van der Waals surface area contributed by atoms with Crippen LogP contribution in [-0.2, 0) is 0 Å². The van der Waals surface area contributed by atoms with Crippen LogP contribution in [0.25, 0.3) is 0 Å². The fraction of sp³-hybridized carbons (Fsp3) is 1.00. The molecule has 3 unspecified atom stereocenters. The second-order valence-electron chi connectivity index (χ2n) is 6.25. The summed E-state index contributed by atoms with van der Waals surface area (Å²) in [6, 6.07) is 1.43. The summed E-state index contributed by atoms with van der Waals surface area (Å²) in [5, 5.41) is 3.83. The molecule has 1 saturated carbocycles. The van der Waals surface area contributed by atoms with Crippen molar-refractivity contribution in [3.63, 3.8) is 0 Å². The van der Waals surface area contributed by atoms with Crippen molar-refractivity contribution in [2.24, 2.45) is 11.3 Å². The smallest absolute Gasteiger partial charge is 0.0121 e. The van der Waals surface area contributed by atoms with Crippen LogP contribution in [-0.4, -0.2) is 12.1 Å². The molecule has 3 atom stereocenters. The maximum Gasteiger partial charge on any atom is 0.0121 e. The van der Waals surface area contributed by atoms with Crippen LogP contribution in [0.5, 0.6) is 0 Å². The van der Waals surface area contributed by atoms with Crippen molar-refractivity contribution >= 4 is 0 Å². The highest BCUT2D eigenvalue weighted by molar-refractivity contribution is 4.91. The minimum absolute atomic E-state index is 0.518. The van der Waals surface area contributed by atoms with Gasteiger partial charge in [-0.2, -0.15) is 0 Å². The zero-order chi connectivity index (χ0) is 11.5. The topological polar surface area (TPSA) is 12.0 Å². The predicted octanol–water partition coefficient (Wildman–Crippen LogP) is 3.98. The van der Waals surface area contributed by atoms with Crippen molar-refractivity contribution in [1.29, 1.82) is 0 Å². The Kier molecular flexibility index (Phi) is 4.64. The third-order valence-corrected chi connectivity index (χ3v) is 4.20. The molecule has 0 heterocycles. The summed E-state index contributed by atoms with van der Waals surface area (Å²) in [7, 11) is 0. The maximum absolute atomic E-state index is 3.83. The summed E-state index contributed by atoms with van der Waals surface area (Å²) in [6.07, 6.45) is 6.79. The lowest BCUT2D eigenvalue weighted by molar-refractivity contribution is 0.252. The van der Waals surface area contributed by atoms with Crippen LogP contribution in [0.4, 0.5) is 0 Å². The fourth-order valence-corrected chi connectivity index (χ4v) is 2.82. The second kappa shape index (κ2) is 5.34. The molecule has 1 heteroatoms. The van der Waals surface area contributed by atoms with E-state index in [4.69, 9.17) is 0 Å². The monoisotopic (exact) mass is 211 g/mol. The third kappa shape index (κ3) is 3.79. The highest BCUT2D eigenvalue weighted by Crippen LogP contribution is 2.37. The molecule has 0 radical (unpaired) electrons. The highest BCUT2D eigenvalue weighted by Gasteiger charge is 2.34. The van der Waals surface area contributed by atoms with E-state index < -0.39 is 0 Å². The number of hydrogen-bond donors (Lipinski definition) is 1. The van der Waals surface area contributed by atoms with E-state index in [9.17, 15) is 0 Å². The number of nitrogens with one attached hydrogen (secondary N) is 1.